The van der Waals surface area contributed by atoms with Crippen LogP contribution in [0.2, 0.25) is 0 Å². The van der Waals surface area contributed by atoms with Gasteiger partial charge < -0.3 is 29.7 Å². The predicted octanol–water partition coefficient (Wildman–Crippen LogP) is 4.91. The molecule has 1 aliphatic heterocycles. The largest absolute Gasteiger partial charge is 0.508 e. The second kappa shape index (κ2) is 14.8. The van der Waals surface area contributed by atoms with Crippen molar-refractivity contribution >= 4 is 27.7 Å². The molecule has 0 aliphatic carbocycles. The predicted molar refractivity (Wildman–Crippen MR) is 180 cm³/mol. The molecule has 0 radical (unpaired) electrons. The van der Waals surface area contributed by atoms with Crippen LogP contribution in [-0.4, -0.2) is 67.1 Å². The van der Waals surface area contributed by atoms with Crippen molar-refractivity contribution in [1.82, 2.24) is 4.90 Å². The highest BCUT2D eigenvalue weighted by molar-refractivity contribution is 7.87. The molecular formula is C36H37FN5O6S+. The van der Waals surface area contributed by atoms with Gasteiger partial charge in [-0.2, -0.15) is 13.7 Å². The number of nitrogens with zero attached hydrogens (tertiary/aromatic N) is 3. The Kier molecular flexibility index (Phi) is 10.5. The zero-order chi connectivity index (χ0) is 35.2. The first-order chi connectivity index (χ1) is 23.3. The molecule has 1 fully saturated rings. The summed E-state index contributed by atoms with van der Waals surface area (Å²) in [5, 5.41) is 21.6. The number of anilines is 1. The Hall–Kier alpha value is -5.45. The van der Waals surface area contributed by atoms with Gasteiger partial charge in [0, 0.05) is 17.7 Å². The van der Waals surface area contributed by atoms with E-state index in [1.807, 2.05) is 6.07 Å². The number of urea groups is 1. The van der Waals surface area contributed by atoms with Gasteiger partial charge in [-0.25, -0.2) is 9.18 Å². The summed E-state index contributed by atoms with van der Waals surface area (Å²) in [5.41, 5.74) is 8.23. The number of likely N-dealkylation sites (N-methyl/N-ethyl adjacent to an activating group) is 1. The molecule has 1 unspecified atom stereocenters. The van der Waals surface area contributed by atoms with Gasteiger partial charge in [-0.3, -0.25) is 4.79 Å². The van der Waals surface area contributed by atoms with Crippen LogP contribution in [0.4, 0.5) is 14.9 Å². The third kappa shape index (κ3) is 8.92. The van der Waals surface area contributed by atoms with E-state index in [9.17, 15) is 27.5 Å². The topological polar surface area (TPSA) is 163 Å². The van der Waals surface area contributed by atoms with Crippen molar-refractivity contribution in [2.45, 2.75) is 42.8 Å². The molecule has 13 heteroatoms. The third-order valence-corrected chi connectivity index (χ3v) is 9.87. The van der Waals surface area contributed by atoms with Crippen LogP contribution in [0.25, 0.3) is 0 Å². The van der Waals surface area contributed by atoms with Crippen LogP contribution in [0.3, 0.4) is 0 Å². The second-order valence-corrected chi connectivity index (χ2v) is 14.0. The van der Waals surface area contributed by atoms with Crippen LogP contribution in [0.15, 0.2) is 102 Å². The van der Waals surface area contributed by atoms with Gasteiger partial charge in [0.2, 0.25) is 5.91 Å². The Balaban J connectivity index is 1.38. The number of likely N-dealkylation sites (tertiary alicyclic amines) is 1. The first-order valence-electron chi connectivity index (χ1n) is 15.6. The highest BCUT2D eigenvalue weighted by Crippen LogP contribution is 2.28. The van der Waals surface area contributed by atoms with Gasteiger partial charge in [-0.1, -0.05) is 24.3 Å². The van der Waals surface area contributed by atoms with Crippen LogP contribution in [0.5, 0.6) is 11.5 Å². The van der Waals surface area contributed by atoms with E-state index in [1.54, 1.807) is 24.3 Å². The normalized spacial score (nSPS) is 18.1. The van der Waals surface area contributed by atoms with Crippen LogP contribution in [0, 0.1) is 17.1 Å². The van der Waals surface area contributed by atoms with E-state index in [4.69, 9.17) is 15.2 Å². The van der Waals surface area contributed by atoms with Gasteiger partial charge in [-0.05, 0) is 91.2 Å². The van der Waals surface area contributed by atoms with Crippen LogP contribution < -0.4 is 15.2 Å². The molecule has 4 aromatic carbocycles. The van der Waals surface area contributed by atoms with Gasteiger partial charge in [0.05, 0.1) is 37.8 Å². The van der Waals surface area contributed by atoms with E-state index in [0.717, 1.165) is 18.5 Å². The molecule has 1 saturated heterocycles. The standard InChI is InChI=1S/C36H36FN5O6S/c1-42(23-27-4-10-28(37)11-5-27)20-2-3-30(24-42)41(34(35(39)44)21-25-6-14-31(43)15-7-25)36(45)40-29-12-16-32(17-13-29)48-49(46,47)33-18-8-26(22-38)9-19-33/h4-19,30,34H,2-3,20-21,23-24H2,1H3,(H3-,39,40,43,44,45)/p+1/t30-,34-,42?/m0/s1. The first kappa shape index (κ1) is 34.9. The molecular weight excluding hydrogens is 649 g/mol. The number of phenolic OH excluding ortho intramolecular Hbond substituents is 1. The Morgan fingerprint density at radius 2 is 1.65 bits per heavy atom. The summed E-state index contributed by atoms with van der Waals surface area (Å²) < 4.78 is 44.9. The maximum atomic E-state index is 14.1. The third-order valence-electron chi connectivity index (χ3n) is 8.61. The number of quaternary nitrogens is 1. The minimum Gasteiger partial charge on any atom is -0.508 e. The van der Waals surface area contributed by atoms with Crippen molar-refractivity contribution in [3.63, 3.8) is 0 Å². The number of rotatable bonds is 11. The summed E-state index contributed by atoms with van der Waals surface area (Å²) >= 11 is 0. The number of hydrogen-bond acceptors (Lipinski definition) is 7. The summed E-state index contributed by atoms with van der Waals surface area (Å²) in [6, 6.07) is 23.6. The molecule has 49 heavy (non-hydrogen) atoms. The molecule has 4 N–H and O–H groups in total. The van der Waals surface area contributed by atoms with E-state index in [-0.39, 0.29) is 28.6 Å². The number of carbonyl (C=O) groups excluding carboxylic acids is 2. The molecule has 1 aliphatic rings. The summed E-state index contributed by atoms with van der Waals surface area (Å²) in [7, 11) is -2.12. The zero-order valence-electron chi connectivity index (χ0n) is 26.8. The Morgan fingerprint density at radius 1 is 1.02 bits per heavy atom. The van der Waals surface area contributed by atoms with Gasteiger partial charge in [0.1, 0.15) is 34.8 Å². The molecule has 0 saturated carbocycles. The zero-order valence-corrected chi connectivity index (χ0v) is 27.6. The number of aromatic hydroxyl groups is 1. The van der Waals surface area contributed by atoms with Gasteiger partial charge >= 0.3 is 16.1 Å². The van der Waals surface area contributed by atoms with E-state index < -0.39 is 34.1 Å². The highest BCUT2D eigenvalue weighted by atomic mass is 32.2. The minimum atomic E-state index is -4.18. The number of carbonyl (C=O) groups is 2. The number of nitrogens with one attached hydrogen (secondary N) is 1. The van der Waals surface area contributed by atoms with Crippen LogP contribution in [-0.2, 0) is 27.9 Å². The molecule has 4 aromatic rings. The van der Waals surface area contributed by atoms with Crippen molar-refractivity contribution in [1.29, 1.82) is 5.26 Å². The fourth-order valence-corrected chi connectivity index (χ4v) is 7.14. The molecule has 0 bridgehead atoms. The summed E-state index contributed by atoms with van der Waals surface area (Å²) in [5.74, 6) is -0.954. The van der Waals surface area contributed by atoms with Crippen LogP contribution >= 0.6 is 0 Å². The number of hydrogen-bond donors (Lipinski definition) is 3. The molecule has 11 nitrogen and oxygen atoms in total. The number of nitriles is 1. The number of amides is 3. The number of piperidine rings is 1. The number of nitrogens with two attached hydrogens (primary N) is 1. The van der Waals surface area contributed by atoms with Gasteiger partial charge in [-0.15, -0.1) is 0 Å². The van der Waals surface area contributed by atoms with Crippen LogP contribution in [0.1, 0.15) is 29.5 Å². The molecule has 3 atom stereocenters. The minimum absolute atomic E-state index is 0.00250. The molecule has 0 aromatic heterocycles. The SMILES string of the molecule is C[N+]1(Cc2ccc(F)cc2)CCC[C@H](N(C(=O)Nc2ccc(OS(=O)(=O)c3ccc(C#N)cc3)cc2)[C@@H](Cc2ccc(O)cc2)C(N)=O)C1. The fourth-order valence-electron chi connectivity index (χ4n) is 6.21. The van der Waals surface area contributed by atoms with Crippen molar-refractivity contribution in [3.8, 4) is 17.6 Å². The number of primary amides is 1. The first-order valence-corrected chi connectivity index (χ1v) is 17.0. The lowest BCUT2D eigenvalue weighted by Gasteiger charge is -2.46. The Morgan fingerprint density at radius 3 is 2.27 bits per heavy atom. The maximum Gasteiger partial charge on any atom is 0.339 e. The lowest BCUT2D eigenvalue weighted by Crippen LogP contribution is -2.62. The van der Waals surface area contributed by atoms with E-state index in [2.05, 4.69) is 12.4 Å². The number of phenols is 1. The lowest BCUT2D eigenvalue weighted by atomic mass is 9.96. The maximum absolute atomic E-state index is 14.1. The smallest absolute Gasteiger partial charge is 0.339 e. The van der Waals surface area contributed by atoms with Gasteiger partial charge in [0.15, 0.2) is 0 Å². The molecule has 5 rings (SSSR count). The van der Waals surface area contributed by atoms with Crippen molar-refractivity contribution < 1.29 is 36.2 Å². The summed E-state index contributed by atoms with van der Waals surface area (Å²) in [4.78, 5) is 28.5. The summed E-state index contributed by atoms with van der Waals surface area (Å²) in [6.45, 7) is 1.91. The van der Waals surface area contributed by atoms with Crippen molar-refractivity contribution in [2.75, 3.05) is 25.5 Å². The average Bonchev–Trinajstić information content (AvgIpc) is 3.07. The fraction of sp³-hybridized carbons (Fsp3) is 0.250. The monoisotopic (exact) mass is 686 g/mol. The van der Waals surface area contributed by atoms with Crippen molar-refractivity contribution in [3.05, 3.63) is 120 Å². The Bertz CT molecular complexity index is 1930. The van der Waals surface area contributed by atoms with Gasteiger partial charge in [0.25, 0.3) is 0 Å². The average molecular weight is 687 g/mol. The number of benzene rings is 4. The molecule has 3 amide bonds. The summed E-state index contributed by atoms with van der Waals surface area (Å²) in [6.07, 6.45) is 1.49. The molecule has 1 heterocycles. The number of halogens is 1. The molecule has 0 spiro atoms. The van der Waals surface area contributed by atoms with E-state index in [0.29, 0.717) is 40.8 Å². The van der Waals surface area contributed by atoms with E-state index >= 15 is 0 Å². The quantitative estimate of drug-likeness (QED) is 0.149. The Labute approximate surface area is 284 Å². The lowest BCUT2D eigenvalue weighted by molar-refractivity contribution is -0.928. The highest BCUT2D eigenvalue weighted by Gasteiger charge is 2.41. The van der Waals surface area contributed by atoms with E-state index in [1.165, 1.54) is 77.7 Å². The van der Waals surface area contributed by atoms with Crippen molar-refractivity contribution in [2.24, 2.45) is 5.73 Å². The molecule has 254 valence electrons. The second-order valence-electron chi connectivity index (χ2n) is 12.4.